The van der Waals surface area contributed by atoms with E-state index in [2.05, 4.69) is 57.1 Å². The predicted molar refractivity (Wildman–Crippen MR) is 194 cm³/mol. The maximum Gasteiger partial charge on any atom is 2.00 e. The first-order chi connectivity index (χ1) is 23.6. The molecule has 2 heterocycles. The first kappa shape index (κ1) is 37.5. The Morgan fingerprint density at radius 2 is 1.80 bits per heavy atom. The number of benzene rings is 2. The minimum atomic E-state index is -0.00497. The van der Waals surface area contributed by atoms with Gasteiger partial charge in [-0.2, -0.15) is 0 Å². The Kier molecular flexibility index (Phi) is 16.1. The predicted octanol–water partition coefficient (Wildman–Crippen LogP) is 8.87. The minimum Gasteiger partial charge on any atom is -0.494 e. The topological polar surface area (TPSA) is 91.2 Å². The van der Waals surface area contributed by atoms with Crippen molar-refractivity contribution in [1.29, 1.82) is 0 Å². The number of rotatable bonds is 17. The van der Waals surface area contributed by atoms with Gasteiger partial charge in [0.15, 0.2) is 5.78 Å². The average molecular weight is 720 g/mol. The van der Waals surface area contributed by atoms with Crippen LogP contribution in [0.5, 0.6) is 5.75 Å². The SMILES string of the molecule is C1=CCC=C1.O=C(/C=C/C1=CCC=C1)c1ccc(OCCCCCCn2cc(COCCNc3ccnc4cc(Cl)ccc34)nn2)cc1.[Fe+2]. The zero-order chi connectivity index (χ0) is 33.2. The maximum absolute atomic E-state index is 12.3. The third kappa shape index (κ3) is 12.9. The van der Waals surface area contributed by atoms with E-state index in [0.717, 1.165) is 78.7 Å². The van der Waals surface area contributed by atoms with E-state index in [1.54, 1.807) is 12.3 Å². The van der Waals surface area contributed by atoms with Crippen LogP contribution in [-0.4, -0.2) is 45.5 Å². The zero-order valence-corrected chi connectivity index (χ0v) is 29.4. The molecule has 49 heavy (non-hydrogen) atoms. The number of nitrogens with zero attached hydrogens (tertiary/aromatic N) is 4. The van der Waals surface area contributed by atoms with Crippen molar-refractivity contribution in [1.82, 2.24) is 20.0 Å². The molecule has 1 N–H and O–H groups in total. The summed E-state index contributed by atoms with van der Waals surface area (Å²) in [5.74, 6) is 0.779. The molecule has 0 amide bonds. The fourth-order valence-corrected chi connectivity index (χ4v) is 5.29. The summed E-state index contributed by atoms with van der Waals surface area (Å²) in [6.45, 7) is 3.11. The average Bonchev–Trinajstić information content (AvgIpc) is 3.93. The molecule has 2 aliphatic carbocycles. The Hall–Kier alpha value is -4.27. The fraction of sp³-hybridized carbons (Fsp3) is 0.282. The molecule has 8 nitrogen and oxygen atoms in total. The summed E-state index contributed by atoms with van der Waals surface area (Å²) in [5, 5.41) is 13.5. The smallest absolute Gasteiger partial charge is 0.494 e. The summed E-state index contributed by atoms with van der Waals surface area (Å²) in [6, 6.07) is 15.0. The van der Waals surface area contributed by atoms with E-state index in [4.69, 9.17) is 21.1 Å². The van der Waals surface area contributed by atoms with E-state index in [1.165, 1.54) is 0 Å². The van der Waals surface area contributed by atoms with Gasteiger partial charge in [-0.1, -0.05) is 71.8 Å². The van der Waals surface area contributed by atoms with Gasteiger partial charge < -0.3 is 14.8 Å². The molecule has 2 aliphatic rings. The van der Waals surface area contributed by atoms with Crippen LogP contribution in [0.4, 0.5) is 5.69 Å². The number of halogens is 1. The van der Waals surface area contributed by atoms with Crippen LogP contribution < -0.4 is 10.1 Å². The molecule has 0 unspecified atom stereocenters. The van der Waals surface area contributed by atoms with Gasteiger partial charge in [-0.3, -0.25) is 14.5 Å². The van der Waals surface area contributed by atoms with Crippen molar-refractivity contribution >= 4 is 34.0 Å². The number of hydrogen-bond acceptors (Lipinski definition) is 7. The molecule has 0 saturated carbocycles. The maximum atomic E-state index is 12.3. The van der Waals surface area contributed by atoms with Gasteiger partial charge in [0.25, 0.3) is 0 Å². The zero-order valence-electron chi connectivity index (χ0n) is 27.5. The van der Waals surface area contributed by atoms with Gasteiger partial charge in [-0.15, -0.1) is 5.10 Å². The Bertz CT molecular complexity index is 1770. The molecule has 0 radical (unpaired) electrons. The van der Waals surface area contributed by atoms with Crippen LogP contribution in [-0.2, 0) is 35.0 Å². The molecule has 10 heteroatoms. The molecular formula is C39H42ClFeN5O3+2. The molecule has 0 atom stereocenters. The minimum absolute atomic E-state index is 0. The van der Waals surface area contributed by atoms with Crippen LogP contribution in [0.3, 0.4) is 0 Å². The molecule has 0 spiro atoms. The third-order valence-corrected chi connectivity index (χ3v) is 7.91. The first-order valence-electron chi connectivity index (χ1n) is 16.5. The molecule has 2 aromatic heterocycles. The number of allylic oxidation sites excluding steroid dienone is 10. The Morgan fingerprint density at radius 3 is 2.57 bits per heavy atom. The van der Waals surface area contributed by atoms with E-state index in [9.17, 15) is 4.79 Å². The van der Waals surface area contributed by atoms with E-state index >= 15 is 0 Å². The first-order valence-corrected chi connectivity index (χ1v) is 16.9. The van der Waals surface area contributed by atoms with E-state index < -0.39 is 0 Å². The van der Waals surface area contributed by atoms with Crippen LogP contribution in [0.15, 0.2) is 121 Å². The van der Waals surface area contributed by atoms with Gasteiger partial charge in [0.2, 0.25) is 0 Å². The molecule has 254 valence electrons. The van der Waals surface area contributed by atoms with Crippen molar-refractivity contribution in [2.45, 2.75) is 51.7 Å². The van der Waals surface area contributed by atoms with Gasteiger partial charge in [-0.25, -0.2) is 0 Å². The molecule has 0 bridgehead atoms. The molecule has 0 saturated heterocycles. The van der Waals surface area contributed by atoms with E-state index in [1.807, 2.05) is 71.6 Å². The summed E-state index contributed by atoms with van der Waals surface area (Å²) in [5.41, 5.74) is 4.42. The number of ketones is 1. The van der Waals surface area contributed by atoms with Crippen molar-refractivity contribution in [3.8, 4) is 5.75 Å². The number of aryl methyl sites for hydroxylation is 1. The van der Waals surface area contributed by atoms with Gasteiger partial charge in [-0.05, 0) is 92.3 Å². The Labute approximate surface area is 304 Å². The third-order valence-electron chi connectivity index (χ3n) is 7.67. The van der Waals surface area contributed by atoms with E-state index in [-0.39, 0.29) is 22.9 Å². The van der Waals surface area contributed by atoms with Crippen molar-refractivity contribution < 1.29 is 31.3 Å². The van der Waals surface area contributed by atoms with Gasteiger partial charge in [0.1, 0.15) is 11.4 Å². The van der Waals surface area contributed by atoms with Crippen molar-refractivity contribution in [2.24, 2.45) is 0 Å². The second kappa shape index (κ2) is 21.0. The molecule has 0 aliphatic heterocycles. The number of anilines is 1. The van der Waals surface area contributed by atoms with Crippen LogP contribution in [0.25, 0.3) is 10.9 Å². The van der Waals surface area contributed by atoms with Crippen molar-refractivity contribution in [3.63, 3.8) is 0 Å². The second-order valence-electron chi connectivity index (χ2n) is 11.4. The van der Waals surface area contributed by atoms with Gasteiger partial charge >= 0.3 is 17.1 Å². The number of carbonyl (C=O) groups excluding carboxylic acids is 1. The Balaban J connectivity index is 0.000000826. The van der Waals surface area contributed by atoms with Crippen LogP contribution in [0.2, 0.25) is 5.02 Å². The fourth-order valence-electron chi connectivity index (χ4n) is 5.12. The molecular weight excluding hydrogens is 678 g/mol. The van der Waals surface area contributed by atoms with Gasteiger partial charge in [0.05, 0.1) is 31.5 Å². The number of fused-ring (bicyclic) bond motifs is 1. The number of pyridine rings is 1. The second-order valence-corrected chi connectivity index (χ2v) is 11.8. The Morgan fingerprint density at radius 1 is 0.959 bits per heavy atom. The number of unbranched alkanes of at least 4 members (excludes halogenated alkanes) is 3. The summed E-state index contributed by atoms with van der Waals surface area (Å²) >= 11 is 6.07. The molecule has 4 aromatic rings. The molecule has 6 rings (SSSR count). The number of carbonyl (C=O) groups is 1. The van der Waals surface area contributed by atoms with Crippen LogP contribution in [0, 0.1) is 0 Å². The van der Waals surface area contributed by atoms with Crippen molar-refractivity contribution in [2.75, 3.05) is 25.1 Å². The van der Waals surface area contributed by atoms with Crippen LogP contribution in [0.1, 0.15) is 54.6 Å². The number of nitrogens with one attached hydrogen (secondary N) is 1. The monoisotopic (exact) mass is 719 g/mol. The standard InChI is InChI=1S/C34H36ClN5O3.C5H6.Fe/c35-28-12-15-31-32(17-18-36-33(31)23-28)37-19-22-42-25-29-24-40(39-38-29)20-5-1-2-6-21-43-30-13-10-27(11-14-30)34(41)16-9-26-7-3-4-8-26;1-2-4-5-3-1;/h3,7-18,23-24H,1-2,4-6,19-22,25H2,(H,36,37);1-4H,5H2;/q;;+2/b16-9+;;. The summed E-state index contributed by atoms with van der Waals surface area (Å²) in [6.07, 6.45) is 28.0. The number of hydrogen-bond donors (Lipinski definition) is 1. The van der Waals surface area contributed by atoms with E-state index in [0.29, 0.717) is 37.0 Å². The normalized spacial score (nSPS) is 13.0. The number of aromatic nitrogens is 4. The number of ether oxygens (including phenoxy) is 2. The summed E-state index contributed by atoms with van der Waals surface area (Å²) < 4.78 is 13.5. The van der Waals surface area contributed by atoms with Crippen LogP contribution >= 0.6 is 11.6 Å². The molecule has 0 fully saturated rings. The summed E-state index contributed by atoms with van der Waals surface area (Å²) in [7, 11) is 0. The molecule has 2 aromatic carbocycles. The van der Waals surface area contributed by atoms with Crippen molar-refractivity contribution in [3.05, 3.63) is 137 Å². The quantitative estimate of drug-likeness (QED) is 0.0505. The van der Waals surface area contributed by atoms with Gasteiger partial charge in [0, 0.05) is 40.9 Å². The summed E-state index contributed by atoms with van der Waals surface area (Å²) in [4.78, 5) is 16.7. The largest absolute Gasteiger partial charge is 2.00 e.